The Morgan fingerprint density at radius 1 is 1.17 bits per heavy atom. The maximum Gasteiger partial charge on any atom is 0.291 e. The lowest BCUT2D eigenvalue weighted by atomic mass is 10.1. The average molecular weight is 416 g/mol. The van der Waals surface area contributed by atoms with Crippen LogP contribution in [-0.4, -0.2) is 15.5 Å². The standard InChI is InChI=1S/C22H16N4O3S/c23-15-3-1-2-4-16(15)25-21(27)19-10-14-9-13(5-6-18(14)29-19)11-26-12-24-17-7-8-30-20(17)22(26)28/h1-10,12H,11,23H2,(H,25,27). The van der Waals surface area contributed by atoms with E-state index < -0.39 is 0 Å². The molecule has 0 aliphatic heterocycles. The van der Waals surface area contributed by atoms with Gasteiger partial charge in [0.15, 0.2) is 5.76 Å². The van der Waals surface area contributed by atoms with Gasteiger partial charge < -0.3 is 15.5 Å². The molecule has 5 rings (SSSR count). The molecule has 7 nitrogen and oxygen atoms in total. The molecule has 0 spiro atoms. The number of benzene rings is 2. The van der Waals surface area contributed by atoms with Crippen molar-refractivity contribution in [3.8, 4) is 0 Å². The van der Waals surface area contributed by atoms with Crippen molar-refractivity contribution in [1.82, 2.24) is 9.55 Å². The summed E-state index contributed by atoms with van der Waals surface area (Å²) in [5.41, 5.74) is 9.02. The molecule has 30 heavy (non-hydrogen) atoms. The number of thiophene rings is 1. The van der Waals surface area contributed by atoms with Crippen molar-refractivity contribution in [2.45, 2.75) is 6.54 Å². The van der Waals surface area contributed by atoms with Gasteiger partial charge in [0.05, 0.1) is 29.8 Å². The van der Waals surface area contributed by atoms with E-state index in [1.54, 1.807) is 47.3 Å². The number of amides is 1. The third kappa shape index (κ3) is 3.23. The van der Waals surface area contributed by atoms with E-state index in [4.69, 9.17) is 10.2 Å². The molecule has 1 amide bonds. The van der Waals surface area contributed by atoms with Crippen molar-refractivity contribution in [1.29, 1.82) is 0 Å². The molecular formula is C22H16N4O3S. The number of fused-ring (bicyclic) bond motifs is 2. The van der Waals surface area contributed by atoms with Crippen molar-refractivity contribution < 1.29 is 9.21 Å². The van der Waals surface area contributed by atoms with Crippen LogP contribution in [0, 0.1) is 0 Å². The van der Waals surface area contributed by atoms with E-state index in [0.717, 1.165) is 10.9 Å². The molecule has 0 bridgehead atoms. The van der Waals surface area contributed by atoms with E-state index in [9.17, 15) is 9.59 Å². The molecule has 0 aliphatic rings. The number of anilines is 2. The molecule has 0 saturated carbocycles. The van der Waals surface area contributed by atoms with Crippen LogP contribution >= 0.6 is 11.3 Å². The molecule has 3 heterocycles. The van der Waals surface area contributed by atoms with Gasteiger partial charge in [0, 0.05) is 5.39 Å². The fourth-order valence-electron chi connectivity index (χ4n) is 3.29. The zero-order valence-electron chi connectivity index (χ0n) is 15.7. The maximum atomic E-state index is 12.6. The predicted octanol–water partition coefficient (Wildman–Crippen LogP) is 4.09. The smallest absolute Gasteiger partial charge is 0.291 e. The minimum Gasteiger partial charge on any atom is -0.451 e. The van der Waals surface area contributed by atoms with Gasteiger partial charge in [-0.2, -0.15) is 0 Å². The number of para-hydroxylation sites is 2. The SMILES string of the molecule is Nc1ccccc1NC(=O)c1cc2cc(Cn3cnc4ccsc4c3=O)ccc2o1. The van der Waals surface area contributed by atoms with E-state index in [1.807, 2.05) is 23.6 Å². The number of carbonyl (C=O) groups excluding carboxylic acids is 1. The first-order chi connectivity index (χ1) is 14.6. The molecule has 0 saturated heterocycles. The summed E-state index contributed by atoms with van der Waals surface area (Å²) in [6.45, 7) is 0.378. The summed E-state index contributed by atoms with van der Waals surface area (Å²) in [4.78, 5) is 29.5. The summed E-state index contributed by atoms with van der Waals surface area (Å²) in [5, 5.41) is 5.39. The summed E-state index contributed by atoms with van der Waals surface area (Å²) in [6, 6.07) is 16.1. The molecule has 8 heteroatoms. The normalized spacial score (nSPS) is 11.2. The van der Waals surface area contributed by atoms with E-state index >= 15 is 0 Å². The highest BCUT2D eigenvalue weighted by Gasteiger charge is 2.14. The summed E-state index contributed by atoms with van der Waals surface area (Å²) >= 11 is 1.39. The molecule has 5 aromatic rings. The number of hydrogen-bond acceptors (Lipinski definition) is 6. The minimum absolute atomic E-state index is 0.0668. The highest BCUT2D eigenvalue weighted by molar-refractivity contribution is 7.17. The number of furan rings is 1. The van der Waals surface area contributed by atoms with E-state index in [1.165, 1.54) is 11.3 Å². The van der Waals surface area contributed by atoms with Crippen LogP contribution < -0.4 is 16.6 Å². The molecule has 0 fully saturated rings. The molecule has 3 aromatic heterocycles. The fraction of sp³-hybridized carbons (Fsp3) is 0.0455. The van der Waals surface area contributed by atoms with E-state index in [0.29, 0.717) is 33.7 Å². The second-order valence-corrected chi connectivity index (χ2v) is 7.75. The lowest BCUT2D eigenvalue weighted by molar-refractivity contribution is 0.0999. The van der Waals surface area contributed by atoms with Crippen molar-refractivity contribution in [3.05, 3.63) is 88.0 Å². The lowest BCUT2D eigenvalue weighted by Crippen LogP contribution is -2.20. The summed E-state index contributed by atoms with van der Waals surface area (Å²) in [7, 11) is 0. The zero-order valence-corrected chi connectivity index (χ0v) is 16.5. The average Bonchev–Trinajstić information content (AvgIpc) is 3.39. The number of nitrogens with two attached hydrogens (primary N) is 1. The Kier molecular flexibility index (Phi) is 4.33. The third-order valence-corrected chi connectivity index (χ3v) is 5.69. The van der Waals surface area contributed by atoms with Crippen LogP contribution in [-0.2, 0) is 6.54 Å². The Balaban J connectivity index is 1.42. The Hall–Kier alpha value is -3.91. The van der Waals surface area contributed by atoms with Crippen LogP contribution in [0.4, 0.5) is 11.4 Å². The first kappa shape index (κ1) is 18.1. The molecular weight excluding hydrogens is 400 g/mol. The Bertz CT molecular complexity index is 1460. The topological polar surface area (TPSA) is 103 Å². The van der Waals surface area contributed by atoms with Gasteiger partial charge in [0.1, 0.15) is 10.3 Å². The third-order valence-electron chi connectivity index (χ3n) is 4.80. The number of nitrogens with zero attached hydrogens (tertiary/aromatic N) is 2. The Morgan fingerprint density at radius 2 is 2.03 bits per heavy atom. The van der Waals surface area contributed by atoms with Gasteiger partial charge in [0.2, 0.25) is 0 Å². The van der Waals surface area contributed by atoms with Crippen LogP contribution in [0.1, 0.15) is 16.1 Å². The van der Waals surface area contributed by atoms with Gasteiger partial charge in [-0.1, -0.05) is 18.2 Å². The number of nitrogen functional groups attached to an aromatic ring is 1. The minimum atomic E-state index is -0.380. The summed E-state index contributed by atoms with van der Waals surface area (Å²) < 4.78 is 7.90. The second kappa shape index (κ2) is 7.16. The number of nitrogens with one attached hydrogen (secondary N) is 1. The van der Waals surface area contributed by atoms with Crippen molar-refractivity contribution in [3.63, 3.8) is 0 Å². The summed E-state index contributed by atoms with van der Waals surface area (Å²) in [6.07, 6.45) is 1.56. The Labute approximate surface area is 174 Å². The van der Waals surface area contributed by atoms with Crippen LogP contribution in [0.25, 0.3) is 21.2 Å². The van der Waals surface area contributed by atoms with Crippen LogP contribution in [0.2, 0.25) is 0 Å². The highest BCUT2D eigenvalue weighted by Crippen LogP contribution is 2.24. The van der Waals surface area contributed by atoms with Crippen LogP contribution in [0.3, 0.4) is 0 Å². The van der Waals surface area contributed by atoms with Gasteiger partial charge in [-0.25, -0.2) is 4.98 Å². The predicted molar refractivity (Wildman–Crippen MR) is 118 cm³/mol. The van der Waals surface area contributed by atoms with E-state index in [2.05, 4.69) is 10.3 Å². The number of aromatic nitrogens is 2. The molecule has 2 aromatic carbocycles. The molecule has 0 radical (unpaired) electrons. The number of hydrogen-bond donors (Lipinski definition) is 2. The molecule has 0 atom stereocenters. The van der Waals surface area contributed by atoms with Crippen LogP contribution in [0.5, 0.6) is 0 Å². The van der Waals surface area contributed by atoms with Gasteiger partial charge >= 0.3 is 0 Å². The van der Waals surface area contributed by atoms with Crippen molar-refractivity contribution in [2.24, 2.45) is 0 Å². The largest absolute Gasteiger partial charge is 0.451 e. The van der Waals surface area contributed by atoms with Crippen molar-refractivity contribution >= 4 is 49.8 Å². The number of carbonyl (C=O) groups is 1. The zero-order chi connectivity index (χ0) is 20.7. The fourth-order valence-corrected chi connectivity index (χ4v) is 4.08. The van der Waals surface area contributed by atoms with Crippen molar-refractivity contribution in [2.75, 3.05) is 11.1 Å². The van der Waals surface area contributed by atoms with Gasteiger partial charge in [-0.3, -0.25) is 14.2 Å². The monoisotopic (exact) mass is 416 g/mol. The van der Waals surface area contributed by atoms with Crippen LogP contribution in [0.15, 0.2) is 75.5 Å². The molecule has 148 valence electrons. The van der Waals surface area contributed by atoms with Gasteiger partial charge in [-0.05, 0) is 47.3 Å². The quantitative estimate of drug-likeness (QED) is 0.430. The molecule has 0 unspecified atom stereocenters. The molecule has 3 N–H and O–H groups in total. The lowest BCUT2D eigenvalue weighted by Gasteiger charge is -2.05. The first-order valence-corrected chi connectivity index (χ1v) is 10.1. The van der Waals surface area contributed by atoms with Gasteiger partial charge in [-0.15, -0.1) is 11.3 Å². The van der Waals surface area contributed by atoms with Gasteiger partial charge in [0.25, 0.3) is 11.5 Å². The molecule has 0 aliphatic carbocycles. The first-order valence-electron chi connectivity index (χ1n) is 9.19. The number of rotatable bonds is 4. The Morgan fingerprint density at radius 3 is 2.90 bits per heavy atom. The second-order valence-electron chi connectivity index (χ2n) is 6.84. The summed E-state index contributed by atoms with van der Waals surface area (Å²) in [5.74, 6) is -0.196. The highest BCUT2D eigenvalue weighted by atomic mass is 32.1. The van der Waals surface area contributed by atoms with E-state index in [-0.39, 0.29) is 17.2 Å². The maximum absolute atomic E-state index is 12.6.